The third-order valence-corrected chi connectivity index (χ3v) is 5.54. The quantitative estimate of drug-likeness (QED) is 0.244. The molecular weight excluding hydrogens is 455 g/mol. The molecule has 35 heavy (non-hydrogen) atoms. The molecule has 0 aliphatic heterocycles. The van der Waals surface area contributed by atoms with Crippen LogP contribution in [0, 0.1) is 5.82 Å². The van der Waals surface area contributed by atoms with Crippen LogP contribution in [0.5, 0.6) is 0 Å². The Labute approximate surface area is 201 Å². The first kappa shape index (κ1) is 25.6. The molecule has 1 heterocycles. The highest BCUT2D eigenvalue weighted by Gasteiger charge is 2.23. The summed E-state index contributed by atoms with van der Waals surface area (Å²) >= 11 is 0. The van der Waals surface area contributed by atoms with Gasteiger partial charge in [0.25, 0.3) is 5.91 Å². The monoisotopic (exact) mass is 482 g/mol. The molecule has 9 nitrogen and oxygen atoms in total. The molecule has 184 valence electrons. The molecule has 1 atom stereocenters. The number of imidazole rings is 1. The lowest BCUT2D eigenvalue weighted by Gasteiger charge is -2.19. The molecule has 0 bridgehead atoms. The molecule has 4 N–H and O–H groups in total. The van der Waals surface area contributed by atoms with Gasteiger partial charge in [0.1, 0.15) is 17.3 Å². The third-order valence-electron chi connectivity index (χ3n) is 5.54. The van der Waals surface area contributed by atoms with Crippen molar-refractivity contribution in [2.24, 2.45) is 0 Å². The highest BCUT2D eigenvalue weighted by Crippen LogP contribution is 2.20. The Morgan fingerprint density at radius 3 is 2.51 bits per heavy atom. The number of carboxylic acids is 1. The van der Waals surface area contributed by atoms with Crippen molar-refractivity contribution >= 4 is 17.8 Å². The maximum absolute atomic E-state index is 13.8. The zero-order chi connectivity index (χ0) is 25.4. The second kappa shape index (κ2) is 11.9. The van der Waals surface area contributed by atoms with Crippen molar-refractivity contribution < 1.29 is 29.1 Å². The van der Waals surface area contributed by atoms with E-state index in [9.17, 15) is 18.8 Å². The van der Waals surface area contributed by atoms with E-state index in [2.05, 4.69) is 10.3 Å². The van der Waals surface area contributed by atoms with E-state index in [-0.39, 0.29) is 24.2 Å². The van der Waals surface area contributed by atoms with Crippen molar-refractivity contribution in [3.8, 4) is 0 Å². The van der Waals surface area contributed by atoms with Crippen LogP contribution >= 0.6 is 0 Å². The minimum atomic E-state index is -1.03. The number of carbonyl (C=O) groups excluding carboxylic acids is 2. The average Bonchev–Trinajstić information content (AvgIpc) is 3.24. The summed E-state index contributed by atoms with van der Waals surface area (Å²) in [5.74, 6) is -2.13. The van der Waals surface area contributed by atoms with Crippen LogP contribution in [0.3, 0.4) is 0 Å². The normalized spacial score (nSPS) is 11.6. The molecule has 3 rings (SSSR count). The van der Waals surface area contributed by atoms with E-state index in [0.29, 0.717) is 17.8 Å². The number of rotatable bonds is 11. The number of benzene rings is 2. The van der Waals surface area contributed by atoms with Crippen molar-refractivity contribution in [3.63, 3.8) is 0 Å². The summed E-state index contributed by atoms with van der Waals surface area (Å²) in [4.78, 5) is 40.7. The topological polar surface area (TPSA) is 134 Å². The summed E-state index contributed by atoms with van der Waals surface area (Å²) in [6.07, 6.45) is 3.56. The van der Waals surface area contributed by atoms with E-state index in [1.807, 2.05) is 6.92 Å². The van der Waals surface area contributed by atoms with Gasteiger partial charge in [-0.25, -0.2) is 19.6 Å². The van der Waals surface area contributed by atoms with Gasteiger partial charge in [-0.15, -0.1) is 0 Å². The number of carboxylic acid groups (broad SMARTS) is 1. The van der Waals surface area contributed by atoms with E-state index in [1.54, 1.807) is 22.8 Å². The maximum atomic E-state index is 13.8. The smallest absolute Gasteiger partial charge is 0.335 e. The molecule has 0 radical (unpaired) electrons. The van der Waals surface area contributed by atoms with Gasteiger partial charge in [0.15, 0.2) is 0 Å². The molecule has 0 aliphatic carbocycles. The summed E-state index contributed by atoms with van der Waals surface area (Å²) in [5.41, 5.74) is 3.07. The summed E-state index contributed by atoms with van der Waals surface area (Å²) in [6.45, 7) is 2.32. The predicted octanol–water partition coefficient (Wildman–Crippen LogP) is 3.48. The van der Waals surface area contributed by atoms with Crippen LogP contribution in [0.4, 0.5) is 4.39 Å². The number of nitrogens with one attached hydrogen (secondary N) is 2. The molecule has 10 heteroatoms. The van der Waals surface area contributed by atoms with Gasteiger partial charge >= 0.3 is 5.97 Å². The zero-order valence-electron chi connectivity index (χ0n) is 19.2. The Morgan fingerprint density at radius 2 is 1.89 bits per heavy atom. The van der Waals surface area contributed by atoms with E-state index in [0.717, 1.165) is 18.4 Å². The summed E-state index contributed by atoms with van der Waals surface area (Å²) in [5, 5.41) is 20.8. The molecular formula is C25H27FN4O5. The number of hydrogen-bond acceptors (Lipinski definition) is 5. The molecule has 0 fully saturated rings. The predicted molar refractivity (Wildman–Crippen MR) is 124 cm³/mol. The van der Waals surface area contributed by atoms with Gasteiger partial charge in [0.2, 0.25) is 5.91 Å². The van der Waals surface area contributed by atoms with E-state index in [4.69, 9.17) is 10.3 Å². The van der Waals surface area contributed by atoms with E-state index >= 15 is 0 Å². The Morgan fingerprint density at radius 1 is 1.14 bits per heavy atom. The SMILES string of the molecule is CCCCc1ncc(C(=O)NC(CC(=O)NO)c2cccc(F)c2)n1Cc1ccc(C(=O)O)cc1. The highest BCUT2D eigenvalue weighted by atomic mass is 19.1. The number of halogens is 1. The highest BCUT2D eigenvalue weighted by molar-refractivity contribution is 5.93. The molecule has 0 saturated carbocycles. The van der Waals surface area contributed by atoms with Gasteiger partial charge in [0.05, 0.1) is 24.2 Å². The summed E-state index contributed by atoms with van der Waals surface area (Å²) in [7, 11) is 0. The van der Waals surface area contributed by atoms with Crippen LogP contribution < -0.4 is 10.8 Å². The average molecular weight is 483 g/mol. The molecule has 1 unspecified atom stereocenters. The minimum absolute atomic E-state index is 0.156. The summed E-state index contributed by atoms with van der Waals surface area (Å²) < 4.78 is 15.5. The lowest BCUT2D eigenvalue weighted by atomic mass is 10.0. The first-order valence-electron chi connectivity index (χ1n) is 11.2. The van der Waals surface area contributed by atoms with Gasteiger partial charge in [-0.2, -0.15) is 0 Å². The number of amides is 2. The fraction of sp³-hybridized carbons (Fsp3) is 0.280. The number of unbranched alkanes of at least 4 members (excludes halogenated alkanes) is 1. The fourth-order valence-corrected chi connectivity index (χ4v) is 3.68. The van der Waals surface area contributed by atoms with Gasteiger partial charge in [0, 0.05) is 13.0 Å². The third kappa shape index (κ3) is 6.73. The molecule has 0 saturated heterocycles. The van der Waals surface area contributed by atoms with Gasteiger partial charge in [-0.3, -0.25) is 14.8 Å². The number of hydroxylamine groups is 1. The Balaban J connectivity index is 1.91. The van der Waals surface area contributed by atoms with Crippen molar-refractivity contribution in [3.05, 3.63) is 88.8 Å². The number of hydrogen-bond donors (Lipinski definition) is 4. The van der Waals surface area contributed by atoms with Crippen molar-refractivity contribution in [2.75, 3.05) is 0 Å². The van der Waals surface area contributed by atoms with E-state index < -0.39 is 29.6 Å². The van der Waals surface area contributed by atoms with Crippen molar-refractivity contribution in [2.45, 2.75) is 45.2 Å². The fourth-order valence-electron chi connectivity index (χ4n) is 3.68. The van der Waals surface area contributed by atoms with Crippen LogP contribution in [0.1, 0.15) is 70.0 Å². The van der Waals surface area contributed by atoms with Crippen LogP contribution in [-0.4, -0.2) is 37.6 Å². The van der Waals surface area contributed by atoms with Crippen LogP contribution in [0.25, 0.3) is 0 Å². The lowest BCUT2D eigenvalue weighted by Crippen LogP contribution is -2.34. The maximum Gasteiger partial charge on any atom is 0.335 e. The number of aromatic nitrogens is 2. The minimum Gasteiger partial charge on any atom is -0.478 e. The number of nitrogens with zero attached hydrogens (tertiary/aromatic N) is 2. The number of carbonyl (C=O) groups is 3. The summed E-state index contributed by atoms with van der Waals surface area (Å²) in [6, 6.07) is 10.9. The second-order valence-electron chi connectivity index (χ2n) is 8.07. The number of aryl methyl sites for hydroxylation is 1. The lowest BCUT2D eigenvalue weighted by molar-refractivity contribution is -0.129. The molecule has 1 aromatic heterocycles. The largest absolute Gasteiger partial charge is 0.478 e. The first-order chi connectivity index (χ1) is 16.8. The molecule has 2 amide bonds. The molecule has 0 aliphatic rings. The molecule has 2 aromatic carbocycles. The second-order valence-corrected chi connectivity index (χ2v) is 8.07. The van der Waals surface area contributed by atoms with Crippen LogP contribution in [0.2, 0.25) is 0 Å². The molecule has 3 aromatic rings. The number of aromatic carboxylic acids is 1. The van der Waals surface area contributed by atoms with Gasteiger partial charge in [-0.1, -0.05) is 37.6 Å². The Bertz CT molecular complexity index is 1190. The van der Waals surface area contributed by atoms with Crippen LogP contribution in [-0.2, 0) is 17.8 Å². The Kier molecular flexibility index (Phi) is 8.69. The van der Waals surface area contributed by atoms with Crippen LogP contribution in [0.15, 0.2) is 54.7 Å². The van der Waals surface area contributed by atoms with Crippen molar-refractivity contribution in [1.29, 1.82) is 0 Å². The Hall–Kier alpha value is -4.05. The zero-order valence-corrected chi connectivity index (χ0v) is 19.2. The van der Waals surface area contributed by atoms with Gasteiger partial charge < -0.3 is 15.0 Å². The van der Waals surface area contributed by atoms with E-state index in [1.165, 1.54) is 42.0 Å². The molecule has 0 spiro atoms. The van der Waals surface area contributed by atoms with Crippen molar-refractivity contribution in [1.82, 2.24) is 20.3 Å². The van der Waals surface area contributed by atoms with Gasteiger partial charge in [-0.05, 0) is 41.8 Å². The standard InChI is InChI=1S/C25H27FN4O5/c1-2-3-7-22-27-14-21(30(22)15-16-8-10-17(11-9-16)25(33)34)24(32)28-20(13-23(31)29-35)18-5-4-6-19(26)12-18/h4-6,8-12,14,20,35H,2-3,7,13,15H2,1H3,(H,28,32)(H,29,31)(H,33,34). The first-order valence-corrected chi connectivity index (χ1v) is 11.2.